The summed E-state index contributed by atoms with van der Waals surface area (Å²) in [6.07, 6.45) is 4.67. The third-order valence-electron chi connectivity index (χ3n) is 9.82. The number of fused-ring (bicyclic) bond motifs is 3. The maximum Gasteiger partial charge on any atom is 0.318 e. The zero-order valence-electron chi connectivity index (χ0n) is 24.9. The number of likely N-dealkylation sites (N-methyl/N-ethyl adjacent to an activating group) is 2. The van der Waals surface area contributed by atoms with Crippen molar-refractivity contribution in [2.24, 2.45) is 0 Å². The molecule has 4 aliphatic rings. The Balaban J connectivity index is 1.37. The highest BCUT2D eigenvalue weighted by Crippen LogP contribution is 2.49. The predicted molar refractivity (Wildman–Crippen MR) is 158 cm³/mol. The Hall–Kier alpha value is -3.55. The molecular formula is C32H40FN7O2. The van der Waals surface area contributed by atoms with Crippen molar-refractivity contribution < 1.29 is 13.9 Å². The topological polar surface area (TPSA) is 88.8 Å². The van der Waals surface area contributed by atoms with Gasteiger partial charge in [-0.25, -0.2) is 4.39 Å². The molecule has 42 heavy (non-hydrogen) atoms. The third kappa shape index (κ3) is 4.92. The largest absolute Gasteiger partial charge is 0.462 e. The van der Waals surface area contributed by atoms with Crippen LogP contribution in [0.2, 0.25) is 0 Å². The fraction of sp³-hybridized carbons (Fsp3) is 0.562. The van der Waals surface area contributed by atoms with Crippen LogP contribution in [0, 0.1) is 17.1 Å². The van der Waals surface area contributed by atoms with Crippen LogP contribution < -0.4 is 9.64 Å². The lowest BCUT2D eigenvalue weighted by Crippen LogP contribution is -2.56. The van der Waals surface area contributed by atoms with E-state index in [9.17, 15) is 10.1 Å². The van der Waals surface area contributed by atoms with Crippen LogP contribution in [0.25, 0.3) is 0 Å². The van der Waals surface area contributed by atoms with Gasteiger partial charge in [-0.05, 0) is 64.9 Å². The number of piperazine rings is 1. The summed E-state index contributed by atoms with van der Waals surface area (Å²) in [5, 5.41) is 9.58. The standard InChI is InChI=1S/C32H40FN7O2/c1-21(2)30(41)40-16-15-39(18-23(40)11-13-34)29-25-19-38(4)32(12-10-22-7-5-9-26(33)28(22)32)17-27(25)35-31(36-29)42-20-24-8-6-14-37(24)3/h5,7,9,23-24H,1,6,8,10-12,14-20H2,2-4H3/t23-,24-,32?/m0/s1. The predicted octanol–water partition coefficient (Wildman–Crippen LogP) is 3.43. The molecule has 0 N–H and O–H groups in total. The Morgan fingerprint density at radius 1 is 1.24 bits per heavy atom. The Morgan fingerprint density at radius 2 is 2.07 bits per heavy atom. The van der Waals surface area contributed by atoms with Crippen molar-refractivity contribution in [3.8, 4) is 12.1 Å². The number of nitrogens with zero attached hydrogens (tertiary/aromatic N) is 7. The molecule has 6 rings (SSSR count). The molecule has 2 saturated heterocycles. The Morgan fingerprint density at radius 3 is 2.81 bits per heavy atom. The van der Waals surface area contributed by atoms with E-state index >= 15 is 4.39 Å². The molecule has 1 aromatic carbocycles. The molecule has 1 spiro atoms. The normalized spacial score (nSPS) is 25.8. The minimum atomic E-state index is -0.474. The first kappa shape index (κ1) is 28.6. The molecule has 1 unspecified atom stereocenters. The van der Waals surface area contributed by atoms with Gasteiger partial charge in [0, 0.05) is 55.3 Å². The minimum absolute atomic E-state index is 0.118. The maximum atomic E-state index is 15.4. The van der Waals surface area contributed by atoms with E-state index in [2.05, 4.69) is 41.4 Å². The molecule has 10 heteroatoms. The number of aryl methyl sites for hydroxylation is 1. The van der Waals surface area contributed by atoms with E-state index in [0.29, 0.717) is 56.8 Å². The van der Waals surface area contributed by atoms with E-state index in [4.69, 9.17) is 14.7 Å². The minimum Gasteiger partial charge on any atom is -0.462 e. The van der Waals surface area contributed by atoms with Crippen LogP contribution in [0.1, 0.15) is 55.0 Å². The van der Waals surface area contributed by atoms with Gasteiger partial charge in [0.15, 0.2) is 0 Å². The number of carbonyl (C=O) groups is 1. The first-order valence-electron chi connectivity index (χ1n) is 15.0. The van der Waals surface area contributed by atoms with Gasteiger partial charge in [-0.15, -0.1) is 0 Å². The molecule has 0 saturated carbocycles. The molecule has 4 heterocycles. The summed E-state index contributed by atoms with van der Waals surface area (Å²) in [6.45, 7) is 9.19. The van der Waals surface area contributed by atoms with E-state index in [-0.39, 0.29) is 24.2 Å². The highest BCUT2D eigenvalue weighted by Gasteiger charge is 2.48. The molecule has 222 valence electrons. The van der Waals surface area contributed by atoms with Gasteiger partial charge in [-0.2, -0.15) is 15.2 Å². The summed E-state index contributed by atoms with van der Waals surface area (Å²) in [4.78, 5) is 31.3. The summed E-state index contributed by atoms with van der Waals surface area (Å²) >= 11 is 0. The van der Waals surface area contributed by atoms with Crippen LogP contribution in [0.4, 0.5) is 10.2 Å². The molecule has 1 aliphatic carbocycles. The molecule has 3 aliphatic heterocycles. The van der Waals surface area contributed by atoms with Crippen molar-refractivity contribution in [1.82, 2.24) is 24.7 Å². The lowest BCUT2D eigenvalue weighted by molar-refractivity contribution is -0.129. The maximum absolute atomic E-state index is 15.4. The molecule has 1 aromatic heterocycles. The van der Waals surface area contributed by atoms with Crippen LogP contribution in [0.5, 0.6) is 6.01 Å². The number of hydrogen-bond acceptors (Lipinski definition) is 8. The number of hydrogen-bond donors (Lipinski definition) is 0. The van der Waals surface area contributed by atoms with Crippen molar-refractivity contribution in [3.63, 3.8) is 0 Å². The Labute approximate surface area is 247 Å². The number of rotatable bonds is 6. The second-order valence-electron chi connectivity index (χ2n) is 12.4. The average Bonchev–Trinajstić information content (AvgIpc) is 3.56. The molecular weight excluding hydrogens is 533 g/mol. The summed E-state index contributed by atoms with van der Waals surface area (Å²) in [7, 11) is 4.18. The molecule has 2 fully saturated rings. The lowest BCUT2D eigenvalue weighted by atomic mass is 9.80. The monoisotopic (exact) mass is 573 g/mol. The van der Waals surface area contributed by atoms with Crippen LogP contribution in [0.3, 0.4) is 0 Å². The van der Waals surface area contributed by atoms with Gasteiger partial charge < -0.3 is 19.4 Å². The zero-order valence-corrected chi connectivity index (χ0v) is 24.9. The zero-order chi connectivity index (χ0) is 29.6. The Bertz CT molecular complexity index is 1440. The number of ether oxygens (including phenoxy) is 1. The van der Waals surface area contributed by atoms with Gasteiger partial charge in [0.25, 0.3) is 0 Å². The number of benzene rings is 1. The van der Waals surface area contributed by atoms with Gasteiger partial charge in [-0.1, -0.05) is 18.7 Å². The quantitative estimate of drug-likeness (QED) is 0.486. The molecule has 2 aromatic rings. The van der Waals surface area contributed by atoms with Crippen LogP contribution in [-0.4, -0.2) is 89.5 Å². The fourth-order valence-electron chi connectivity index (χ4n) is 7.45. The number of anilines is 1. The summed E-state index contributed by atoms with van der Waals surface area (Å²) in [5.41, 5.74) is 3.75. The van der Waals surface area contributed by atoms with Crippen molar-refractivity contribution in [3.05, 3.63) is 58.6 Å². The first-order chi connectivity index (χ1) is 20.2. The highest BCUT2D eigenvalue weighted by molar-refractivity contribution is 5.92. The second kappa shape index (κ2) is 11.3. The van der Waals surface area contributed by atoms with E-state index in [1.165, 1.54) is 0 Å². The number of carbonyl (C=O) groups excluding carboxylic acids is 1. The van der Waals surface area contributed by atoms with Crippen molar-refractivity contribution in [1.29, 1.82) is 5.26 Å². The lowest BCUT2D eigenvalue weighted by Gasteiger charge is -2.46. The molecule has 1 amide bonds. The van der Waals surface area contributed by atoms with Crippen LogP contribution in [-0.2, 0) is 29.7 Å². The number of likely N-dealkylation sites (tertiary alicyclic amines) is 1. The number of nitriles is 1. The van der Waals surface area contributed by atoms with Crippen molar-refractivity contribution in [2.75, 3.05) is 51.8 Å². The highest BCUT2D eigenvalue weighted by atomic mass is 19.1. The molecule has 3 atom stereocenters. The van der Waals surface area contributed by atoms with Gasteiger partial charge in [0.2, 0.25) is 5.91 Å². The van der Waals surface area contributed by atoms with Crippen molar-refractivity contribution in [2.45, 2.75) is 69.6 Å². The second-order valence-corrected chi connectivity index (χ2v) is 12.4. The number of amides is 1. The Kier molecular flexibility index (Phi) is 7.66. The van der Waals surface area contributed by atoms with Crippen LogP contribution in [0.15, 0.2) is 30.4 Å². The van der Waals surface area contributed by atoms with Crippen LogP contribution >= 0.6 is 0 Å². The average molecular weight is 574 g/mol. The molecule has 0 bridgehead atoms. The van der Waals surface area contributed by atoms with Gasteiger partial charge in [0.05, 0.1) is 29.8 Å². The summed E-state index contributed by atoms with van der Waals surface area (Å²) in [5.74, 6) is 0.509. The van der Waals surface area contributed by atoms with Gasteiger partial charge in [0.1, 0.15) is 18.2 Å². The fourth-order valence-corrected chi connectivity index (χ4v) is 7.45. The van der Waals surface area contributed by atoms with Gasteiger partial charge >= 0.3 is 6.01 Å². The number of aromatic nitrogens is 2. The third-order valence-corrected chi connectivity index (χ3v) is 9.82. The summed E-state index contributed by atoms with van der Waals surface area (Å²) in [6, 6.07) is 8.04. The van der Waals surface area contributed by atoms with E-state index in [1.54, 1.807) is 24.0 Å². The molecule has 0 radical (unpaired) electrons. The number of halogens is 1. The molecule has 9 nitrogen and oxygen atoms in total. The smallest absolute Gasteiger partial charge is 0.318 e. The SMILES string of the molecule is C=C(C)C(=O)N1CCN(c2nc(OC[C@@H]3CCCN3C)nc3c2CN(C)C2(CCc4cccc(F)c42)C3)C[C@@H]1CC#N. The first-order valence-corrected chi connectivity index (χ1v) is 15.0. The summed E-state index contributed by atoms with van der Waals surface area (Å²) < 4.78 is 21.6. The van der Waals surface area contributed by atoms with E-state index in [0.717, 1.165) is 60.4 Å². The van der Waals surface area contributed by atoms with E-state index < -0.39 is 5.54 Å². The van der Waals surface area contributed by atoms with Crippen molar-refractivity contribution >= 4 is 11.7 Å². The van der Waals surface area contributed by atoms with E-state index in [1.807, 2.05) is 6.07 Å². The van der Waals surface area contributed by atoms with Gasteiger partial charge in [-0.3, -0.25) is 9.69 Å².